The maximum Gasteiger partial charge on any atom is 0.413 e. The summed E-state index contributed by atoms with van der Waals surface area (Å²) in [7, 11) is 1.79. The summed E-state index contributed by atoms with van der Waals surface area (Å²) in [6.45, 7) is 1.84. The van der Waals surface area contributed by atoms with Crippen molar-refractivity contribution in [3.8, 4) is 11.1 Å². The van der Waals surface area contributed by atoms with E-state index in [1.165, 1.54) is 5.56 Å². The summed E-state index contributed by atoms with van der Waals surface area (Å²) in [6, 6.07) is 18.0. The van der Waals surface area contributed by atoms with Crippen LogP contribution in [0.15, 0.2) is 60.8 Å². The third-order valence-electron chi connectivity index (χ3n) is 7.87. The predicted molar refractivity (Wildman–Crippen MR) is 133 cm³/mol. The summed E-state index contributed by atoms with van der Waals surface area (Å²) in [4.78, 5) is 23.9. The fourth-order valence-corrected chi connectivity index (χ4v) is 5.59. The van der Waals surface area contributed by atoms with Crippen molar-refractivity contribution in [2.24, 2.45) is 18.4 Å². The van der Waals surface area contributed by atoms with Crippen LogP contribution in [0.1, 0.15) is 62.2 Å². The van der Waals surface area contributed by atoms with E-state index in [4.69, 9.17) is 4.74 Å². The third-order valence-corrected chi connectivity index (χ3v) is 7.87. The van der Waals surface area contributed by atoms with Gasteiger partial charge < -0.3 is 9.84 Å². The van der Waals surface area contributed by atoms with Gasteiger partial charge in [-0.05, 0) is 67.1 Å². The van der Waals surface area contributed by atoms with Crippen LogP contribution in [-0.2, 0) is 16.6 Å². The standard InChI is InChI=1S/C28H31N3O4/c1-18(19-6-4-3-5-7-19)35-27(34)30-25-23(17-29-31(25)2)22-10-8-20(9-11-22)21-12-14-28(15-13-21)16-24(28)26(32)33/h3-11,17-18,21,24H,12-16H2,1-2H3,(H,30,34)(H,32,33)/t18-,21?,24?,28?/m1/s1. The summed E-state index contributed by atoms with van der Waals surface area (Å²) in [6.07, 6.45) is 5.75. The van der Waals surface area contributed by atoms with Gasteiger partial charge in [0.05, 0.1) is 12.1 Å². The number of ether oxygens (including phenoxy) is 1. The van der Waals surface area contributed by atoms with E-state index in [1.807, 2.05) is 37.3 Å². The molecule has 0 bridgehead atoms. The lowest BCUT2D eigenvalue weighted by Crippen LogP contribution is -2.18. The molecule has 7 nitrogen and oxygen atoms in total. The number of nitrogens with zero attached hydrogens (tertiary/aromatic N) is 2. The Morgan fingerprint density at radius 3 is 2.43 bits per heavy atom. The number of rotatable bonds is 6. The van der Waals surface area contributed by atoms with Crippen molar-refractivity contribution in [1.29, 1.82) is 0 Å². The Hall–Kier alpha value is -3.61. The number of aryl methyl sites for hydroxylation is 1. The smallest absolute Gasteiger partial charge is 0.413 e. The average Bonchev–Trinajstić information content (AvgIpc) is 3.46. The fourth-order valence-electron chi connectivity index (χ4n) is 5.59. The first kappa shape index (κ1) is 23.1. The van der Waals surface area contributed by atoms with Gasteiger partial charge in [0, 0.05) is 12.6 Å². The molecular weight excluding hydrogens is 442 g/mol. The van der Waals surface area contributed by atoms with Crippen LogP contribution in [-0.4, -0.2) is 26.9 Å². The Bertz CT molecular complexity index is 1210. The number of nitrogens with one attached hydrogen (secondary N) is 1. The highest BCUT2D eigenvalue weighted by atomic mass is 16.6. The lowest BCUT2D eigenvalue weighted by molar-refractivity contribution is -0.139. The second kappa shape index (κ2) is 9.21. The lowest BCUT2D eigenvalue weighted by atomic mass is 9.75. The fraction of sp³-hybridized carbons (Fsp3) is 0.393. The summed E-state index contributed by atoms with van der Waals surface area (Å²) in [5.74, 6) is 0.276. The quantitative estimate of drug-likeness (QED) is 0.448. The maximum atomic E-state index is 12.6. The second-order valence-electron chi connectivity index (χ2n) is 9.97. The van der Waals surface area contributed by atoms with Crippen LogP contribution in [0.4, 0.5) is 10.6 Å². The third kappa shape index (κ3) is 4.67. The summed E-state index contributed by atoms with van der Waals surface area (Å²) < 4.78 is 7.20. The molecule has 2 aliphatic rings. The zero-order valence-corrected chi connectivity index (χ0v) is 20.1. The van der Waals surface area contributed by atoms with Crippen molar-refractivity contribution >= 4 is 17.9 Å². The SMILES string of the molecule is C[C@@H](OC(=O)Nc1c(-c2ccc(C3CCC4(CC3)CC4C(=O)O)cc2)cnn1C)c1ccccc1. The van der Waals surface area contributed by atoms with E-state index in [1.54, 1.807) is 17.9 Å². The van der Waals surface area contributed by atoms with Gasteiger partial charge in [-0.15, -0.1) is 0 Å². The highest BCUT2D eigenvalue weighted by molar-refractivity contribution is 5.90. The number of carbonyl (C=O) groups is 2. The normalized spacial score (nSPS) is 24.1. The number of carbonyl (C=O) groups excluding carboxylic acids is 1. The molecular formula is C28H31N3O4. The number of aliphatic carboxylic acids is 1. The predicted octanol–water partition coefficient (Wildman–Crippen LogP) is 6.15. The van der Waals surface area contributed by atoms with Crippen LogP contribution in [0.25, 0.3) is 11.1 Å². The van der Waals surface area contributed by atoms with E-state index >= 15 is 0 Å². The average molecular weight is 474 g/mol. The Morgan fingerprint density at radius 2 is 1.80 bits per heavy atom. The molecule has 2 N–H and O–H groups in total. The minimum absolute atomic E-state index is 0.0607. The van der Waals surface area contributed by atoms with Crippen LogP contribution in [0.2, 0.25) is 0 Å². The molecule has 5 rings (SSSR count). The number of hydrogen-bond donors (Lipinski definition) is 2. The first-order valence-corrected chi connectivity index (χ1v) is 12.2. The van der Waals surface area contributed by atoms with E-state index in [2.05, 4.69) is 34.7 Å². The molecule has 1 unspecified atom stereocenters. The molecule has 35 heavy (non-hydrogen) atoms. The summed E-state index contributed by atoms with van der Waals surface area (Å²) in [5, 5.41) is 16.5. The minimum atomic E-state index is -0.632. The van der Waals surface area contributed by atoms with Crippen LogP contribution < -0.4 is 5.32 Å². The van der Waals surface area contributed by atoms with E-state index < -0.39 is 12.1 Å². The largest absolute Gasteiger partial charge is 0.481 e. The molecule has 1 heterocycles. The van der Waals surface area contributed by atoms with Crippen LogP contribution in [0, 0.1) is 11.3 Å². The van der Waals surface area contributed by atoms with Crippen molar-refractivity contribution in [2.75, 3.05) is 5.32 Å². The molecule has 2 atom stereocenters. The van der Waals surface area contributed by atoms with Gasteiger partial charge in [0.2, 0.25) is 0 Å². The Morgan fingerprint density at radius 1 is 1.11 bits per heavy atom. The molecule has 0 radical (unpaired) electrons. The van der Waals surface area contributed by atoms with E-state index in [0.717, 1.165) is 48.8 Å². The summed E-state index contributed by atoms with van der Waals surface area (Å²) in [5.41, 5.74) is 4.07. The van der Waals surface area contributed by atoms with E-state index in [9.17, 15) is 14.7 Å². The van der Waals surface area contributed by atoms with Crippen molar-refractivity contribution in [2.45, 2.75) is 51.0 Å². The number of carboxylic acid groups (broad SMARTS) is 1. The Labute approximate surface area is 205 Å². The lowest BCUT2D eigenvalue weighted by Gasteiger charge is -2.29. The number of benzene rings is 2. The molecule has 2 saturated carbocycles. The van der Waals surface area contributed by atoms with Crippen molar-refractivity contribution in [1.82, 2.24) is 9.78 Å². The second-order valence-corrected chi connectivity index (χ2v) is 9.97. The van der Waals surface area contributed by atoms with Crippen molar-refractivity contribution in [3.63, 3.8) is 0 Å². The number of aromatic nitrogens is 2. The van der Waals surface area contributed by atoms with Crippen LogP contribution >= 0.6 is 0 Å². The van der Waals surface area contributed by atoms with Gasteiger partial charge in [-0.1, -0.05) is 54.6 Å². The molecule has 2 aromatic carbocycles. The van der Waals surface area contributed by atoms with Crippen LogP contribution in [0.3, 0.4) is 0 Å². The van der Waals surface area contributed by atoms with E-state index in [-0.39, 0.29) is 17.4 Å². The molecule has 2 fully saturated rings. The first-order valence-electron chi connectivity index (χ1n) is 12.2. The molecule has 0 aliphatic heterocycles. The molecule has 7 heteroatoms. The molecule has 1 amide bonds. The molecule has 2 aliphatic carbocycles. The van der Waals surface area contributed by atoms with Crippen molar-refractivity contribution < 1.29 is 19.4 Å². The van der Waals surface area contributed by atoms with Gasteiger partial charge in [0.25, 0.3) is 0 Å². The Kier molecular flexibility index (Phi) is 6.09. The monoisotopic (exact) mass is 473 g/mol. The topological polar surface area (TPSA) is 93.4 Å². The highest BCUT2D eigenvalue weighted by Gasteiger charge is 2.58. The minimum Gasteiger partial charge on any atom is -0.481 e. The van der Waals surface area contributed by atoms with Gasteiger partial charge in [0.15, 0.2) is 0 Å². The number of amides is 1. The molecule has 0 saturated heterocycles. The van der Waals surface area contributed by atoms with Gasteiger partial charge in [-0.2, -0.15) is 5.10 Å². The van der Waals surface area contributed by atoms with Gasteiger partial charge in [-0.3, -0.25) is 14.8 Å². The summed E-state index contributed by atoms with van der Waals surface area (Å²) >= 11 is 0. The van der Waals surface area contributed by atoms with Gasteiger partial charge in [-0.25, -0.2) is 4.79 Å². The molecule has 1 aromatic heterocycles. The van der Waals surface area contributed by atoms with Gasteiger partial charge >= 0.3 is 12.1 Å². The number of hydrogen-bond acceptors (Lipinski definition) is 4. The van der Waals surface area contributed by atoms with Crippen molar-refractivity contribution in [3.05, 3.63) is 71.9 Å². The van der Waals surface area contributed by atoms with E-state index in [0.29, 0.717) is 11.7 Å². The molecule has 182 valence electrons. The number of anilines is 1. The van der Waals surface area contributed by atoms with Gasteiger partial charge in [0.1, 0.15) is 11.9 Å². The van der Waals surface area contributed by atoms with Crippen LogP contribution in [0.5, 0.6) is 0 Å². The first-order chi connectivity index (χ1) is 16.9. The zero-order valence-electron chi connectivity index (χ0n) is 20.1. The molecule has 3 aromatic rings. The highest BCUT2D eigenvalue weighted by Crippen LogP contribution is 2.63. The maximum absolute atomic E-state index is 12.6. The Balaban J connectivity index is 1.23. The molecule has 1 spiro atoms. The number of carboxylic acids is 1. The zero-order chi connectivity index (χ0) is 24.6.